The minimum absolute atomic E-state index is 0.0516. The Morgan fingerprint density at radius 1 is 1.13 bits per heavy atom. The molecule has 0 unspecified atom stereocenters. The van der Waals surface area contributed by atoms with E-state index in [1.165, 1.54) is 0 Å². The lowest BCUT2D eigenvalue weighted by molar-refractivity contribution is -0.145. The van der Waals surface area contributed by atoms with Gasteiger partial charge >= 0.3 is 0 Å². The molecule has 10 heteroatoms. The number of nitrogens with zero attached hydrogens (tertiary/aromatic N) is 3. The second-order valence-electron chi connectivity index (χ2n) is 10.6. The molecule has 2 aliphatic heterocycles. The Balaban J connectivity index is 1.30. The molecule has 1 aromatic carbocycles. The number of rotatable bonds is 6. The molecule has 1 saturated heterocycles. The van der Waals surface area contributed by atoms with Crippen molar-refractivity contribution in [2.24, 2.45) is 22.4 Å². The Morgan fingerprint density at radius 2 is 1.89 bits per heavy atom. The van der Waals surface area contributed by atoms with E-state index in [1.54, 1.807) is 16.2 Å². The van der Waals surface area contributed by atoms with E-state index >= 15 is 0 Å². The third-order valence-electron chi connectivity index (χ3n) is 7.98. The van der Waals surface area contributed by atoms with Crippen molar-refractivity contribution < 1.29 is 14.3 Å². The van der Waals surface area contributed by atoms with Crippen molar-refractivity contribution in [2.75, 3.05) is 19.6 Å². The van der Waals surface area contributed by atoms with Crippen molar-refractivity contribution in [3.63, 3.8) is 0 Å². The number of amidine groups is 1. The summed E-state index contributed by atoms with van der Waals surface area (Å²) in [5.74, 6) is -0.267. The van der Waals surface area contributed by atoms with E-state index in [1.807, 2.05) is 59.7 Å². The van der Waals surface area contributed by atoms with Crippen LogP contribution in [0.15, 0.2) is 52.8 Å². The fourth-order valence-corrected chi connectivity index (χ4v) is 6.32. The Hall–Kier alpha value is -2.95. The second kappa shape index (κ2) is 11.8. The molecule has 0 radical (unpaired) electrons. The van der Waals surface area contributed by atoms with E-state index in [-0.39, 0.29) is 35.9 Å². The maximum Gasteiger partial charge on any atom is 0.288 e. The van der Waals surface area contributed by atoms with Gasteiger partial charge in [0.05, 0.1) is 25.2 Å². The van der Waals surface area contributed by atoms with Gasteiger partial charge in [-0.15, -0.1) is 11.3 Å². The van der Waals surface area contributed by atoms with Crippen LogP contribution in [0.1, 0.15) is 49.2 Å². The number of benzene rings is 1. The first-order valence-electron chi connectivity index (χ1n) is 13.6. The summed E-state index contributed by atoms with van der Waals surface area (Å²) >= 11 is 1.59. The van der Waals surface area contributed by atoms with Crippen LogP contribution in [-0.2, 0) is 20.9 Å². The molecule has 1 aromatic heterocycles. The summed E-state index contributed by atoms with van der Waals surface area (Å²) < 4.78 is 6.30. The van der Waals surface area contributed by atoms with E-state index < -0.39 is 12.1 Å². The summed E-state index contributed by atoms with van der Waals surface area (Å²) in [4.78, 5) is 36.7. The maximum atomic E-state index is 13.7. The summed E-state index contributed by atoms with van der Waals surface area (Å²) in [5.41, 5.74) is 13.6. The van der Waals surface area contributed by atoms with Gasteiger partial charge in [-0.1, -0.05) is 36.4 Å². The molecule has 0 bridgehead atoms. The molecular weight excluding hydrogens is 500 g/mol. The molecule has 4 atom stereocenters. The third-order valence-corrected chi connectivity index (χ3v) is 8.85. The smallest absolute Gasteiger partial charge is 0.288 e. The normalized spacial score (nSPS) is 28.4. The van der Waals surface area contributed by atoms with Crippen LogP contribution in [0.5, 0.6) is 0 Å². The lowest BCUT2D eigenvalue weighted by Crippen LogP contribution is -2.64. The van der Waals surface area contributed by atoms with Gasteiger partial charge in [0, 0.05) is 24.0 Å². The van der Waals surface area contributed by atoms with Gasteiger partial charge < -0.3 is 31.3 Å². The standard InChI is InChI=1S/C28H38N6O3S/c1-18-25(20-6-3-2-4-7-20)37-28(32-18)33-13-14-34(27(36)24(30)19-9-11-21(29)12-10-19)23(17-33)26(35)31-16-22-8-5-15-38-22/h2-8,15,18-19,21,23-25H,9-14,16-17,29-30H2,1H3,(H,31,35)/t18-,19?,21?,23-,24+,25+/m0/s1. The number of nitrogens with one attached hydrogen (secondary N) is 1. The van der Waals surface area contributed by atoms with Crippen LogP contribution < -0.4 is 16.8 Å². The minimum atomic E-state index is -0.689. The summed E-state index contributed by atoms with van der Waals surface area (Å²) in [5, 5.41) is 5.01. The number of ether oxygens (including phenoxy) is 1. The largest absolute Gasteiger partial charge is 0.455 e. The zero-order valence-corrected chi connectivity index (χ0v) is 22.7. The highest BCUT2D eigenvalue weighted by atomic mass is 32.1. The first kappa shape index (κ1) is 26.6. The van der Waals surface area contributed by atoms with Gasteiger partial charge in [-0.3, -0.25) is 9.59 Å². The third kappa shape index (κ3) is 5.87. The number of piperazine rings is 1. The number of aliphatic imine (C=N–C) groups is 1. The lowest BCUT2D eigenvalue weighted by Gasteiger charge is -2.42. The van der Waals surface area contributed by atoms with Crippen LogP contribution in [-0.4, -0.2) is 71.4 Å². The minimum Gasteiger partial charge on any atom is -0.455 e. The number of carbonyl (C=O) groups is 2. The van der Waals surface area contributed by atoms with Gasteiger partial charge in [0.2, 0.25) is 11.8 Å². The number of thiophene rings is 1. The van der Waals surface area contributed by atoms with Crippen LogP contribution in [0.2, 0.25) is 0 Å². The van der Waals surface area contributed by atoms with E-state index in [0.29, 0.717) is 32.2 Å². The molecule has 38 heavy (non-hydrogen) atoms. The zero-order valence-electron chi connectivity index (χ0n) is 21.9. The number of hydrogen-bond acceptors (Lipinski definition) is 8. The molecule has 3 heterocycles. The van der Waals surface area contributed by atoms with Crippen molar-refractivity contribution in [3.05, 3.63) is 58.3 Å². The molecule has 1 saturated carbocycles. The molecule has 2 aromatic rings. The van der Waals surface area contributed by atoms with Crippen LogP contribution in [0, 0.1) is 5.92 Å². The zero-order chi connectivity index (χ0) is 26.6. The van der Waals surface area contributed by atoms with E-state index in [4.69, 9.17) is 21.2 Å². The van der Waals surface area contributed by atoms with Gasteiger partial charge in [-0.2, -0.15) is 0 Å². The molecule has 204 valence electrons. The molecular formula is C28H38N6O3S. The Morgan fingerprint density at radius 3 is 2.61 bits per heavy atom. The fraction of sp³-hybridized carbons (Fsp3) is 0.536. The maximum absolute atomic E-state index is 13.7. The predicted molar refractivity (Wildman–Crippen MR) is 148 cm³/mol. The second-order valence-corrected chi connectivity index (χ2v) is 11.6. The van der Waals surface area contributed by atoms with Crippen molar-refractivity contribution in [3.8, 4) is 0 Å². The molecule has 5 rings (SSSR count). The SMILES string of the molecule is C[C@@H]1N=C(N2CCN(C(=O)[C@H](N)C3CCC(N)CC3)[C@H](C(=O)NCc3cccs3)C2)O[C@H]1c1ccccc1. The first-order chi connectivity index (χ1) is 18.4. The van der Waals surface area contributed by atoms with Crippen molar-refractivity contribution in [2.45, 2.75) is 69.4 Å². The van der Waals surface area contributed by atoms with E-state index in [2.05, 4.69) is 5.32 Å². The average molecular weight is 539 g/mol. The van der Waals surface area contributed by atoms with Gasteiger partial charge in [0.1, 0.15) is 12.1 Å². The fourth-order valence-electron chi connectivity index (χ4n) is 5.68. The van der Waals surface area contributed by atoms with Gasteiger partial charge in [0.15, 0.2) is 0 Å². The predicted octanol–water partition coefficient (Wildman–Crippen LogP) is 2.24. The Bertz CT molecular complexity index is 1120. The highest BCUT2D eigenvalue weighted by Crippen LogP contribution is 2.31. The molecule has 9 nitrogen and oxygen atoms in total. The molecule has 2 amide bonds. The Kier molecular flexibility index (Phi) is 8.30. The molecule has 0 spiro atoms. The topological polar surface area (TPSA) is 126 Å². The molecule has 2 fully saturated rings. The van der Waals surface area contributed by atoms with E-state index in [0.717, 1.165) is 36.1 Å². The summed E-state index contributed by atoms with van der Waals surface area (Å²) in [6.07, 6.45) is 3.26. The van der Waals surface area contributed by atoms with Crippen LogP contribution >= 0.6 is 11.3 Å². The van der Waals surface area contributed by atoms with Crippen LogP contribution in [0.3, 0.4) is 0 Å². The van der Waals surface area contributed by atoms with Crippen LogP contribution in [0.4, 0.5) is 0 Å². The van der Waals surface area contributed by atoms with Crippen LogP contribution in [0.25, 0.3) is 0 Å². The summed E-state index contributed by atoms with van der Waals surface area (Å²) in [6, 6.07) is 13.3. The van der Waals surface area contributed by atoms with Gasteiger partial charge in [-0.05, 0) is 55.5 Å². The number of hydrogen-bond donors (Lipinski definition) is 3. The monoisotopic (exact) mass is 538 g/mol. The number of carbonyl (C=O) groups excluding carboxylic acids is 2. The van der Waals surface area contributed by atoms with Gasteiger partial charge in [-0.25, -0.2) is 4.99 Å². The first-order valence-corrected chi connectivity index (χ1v) is 14.4. The van der Waals surface area contributed by atoms with E-state index in [9.17, 15) is 9.59 Å². The highest BCUT2D eigenvalue weighted by Gasteiger charge is 2.42. The van der Waals surface area contributed by atoms with Crippen molar-refractivity contribution >= 4 is 29.2 Å². The van der Waals surface area contributed by atoms with Gasteiger partial charge in [0.25, 0.3) is 6.02 Å². The highest BCUT2D eigenvalue weighted by molar-refractivity contribution is 7.09. The Labute approximate surface area is 228 Å². The average Bonchev–Trinajstić information content (AvgIpc) is 3.61. The quantitative estimate of drug-likeness (QED) is 0.518. The molecule has 1 aliphatic carbocycles. The lowest BCUT2D eigenvalue weighted by atomic mass is 9.81. The summed E-state index contributed by atoms with van der Waals surface area (Å²) in [7, 11) is 0. The van der Waals surface area contributed by atoms with Crippen molar-refractivity contribution in [1.82, 2.24) is 15.1 Å². The molecule has 3 aliphatic rings. The number of nitrogens with two attached hydrogens (primary N) is 2. The summed E-state index contributed by atoms with van der Waals surface area (Å²) in [6.45, 7) is 3.66. The number of amides is 2. The molecule has 5 N–H and O–H groups in total. The van der Waals surface area contributed by atoms with Crippen molar-refractivity contribution in [1.29, 1.82) is 0 Å².